The lowest BCUT2D eigenvalue weighted by atomic mass is 9.84. The lowest BCUT2D eigenvalue weighted by molar-refractivity contribution is 0.0639. The number of hydrogen-bond donors (Lipinski definition) is 0. The van der Waals surface area contributed by atoms with Crippen molar-refractivity contribution >= 4 is 6.16 Å². The van der Waals surface area contributed by atoms with Crippen molar-refractivity contribution in [2.45, 2.75) is 64.4 Å². The van der Waals surface area contributed by atoms with E-state index in [4.69, 9.17) is 9.47 Å². The first-order chi connectivity index (χ1) is 9.70. The summed E-state index contributed by atoms with van der Waals surface area (Å²) in [7, 11) is 0. The molecule has 1 unspecified atom stereocenters. The van der Waals surface area contributed by atoms with Crippen LogP contribution in [0.15, 0.2) is 24.3 Å². The molecule has 0 heterocycles. The Kier molecular flexibility index (Phi) is 5.45. The molecule has 1 atom stereocenters. The van der Waals surface area contributed by atoms with Crippen molar-refractivity contribution in [1.82, 2.24) is 0 Å². The van der Waals surface area contributed by atoms with E-state index in [9.17, 15) is 4.79 Å². The van der Waals surface area contributed by atoms with Gasteiger partial charge < -0.3 is 9.47 Å². The molecule has 1 aromatic rings. The van der Waals surface area contributed by atoms with Crippen molar-refractivity contribution in [1.29, 1.82) is 0 Å². The summed E-state index contributed by atoms with van der Waals surface area (Å²) in [4.78, 5) is 11.8. The van der Waals surface area contributed by atoms with Crippen LogP contribution in [-0.4, -0.2) is 12.3 Å². The standard InChI is InChI=1S/C17H24O3/c1-3-13(2)19-17(18)20-16-12-8-7-11-15(16)14-9-5-4-6-10-14/h7-8,11-14H,3-6,9-10H2,1-2H3. The van der Waals surface area contributed by atoms with Gasteiger partial charge >= 0.3 is 6.16 Å². The summed E-state index contributed by atoms with van der Waals surface area (Å²) in [5, 5.41) is 0. The lowest BCUT2D eigenvalue weighted by Gasteiger charge is -2.23. The summed E-state index contributed by atoms with van der Waals surface area (Å²) in [6.07, 6.45) is 6.29. The summed E-state index contributed by atoms with van der Waals surface area (Å²) in [6.45, 7) is 3.85. The summed E-state index contributed by atoms with van der Waals surface area (Å²) in [5.41, 5.74) is 1.15. The first-order valence-electron chi connectivity index (χ1n) is 7.68. The van der Waals surface area contributed by atoms with Crippen LogP contribution in [0.4, 0.5) is 4.79 Å². The Morgan fingerprint density at radius 3 is 2.65 bits per heavy atom. The third-order valence-electron chi connectivity index (χ3n) is 4.03. The number of carbonyl (C=O) groups is 1. The van der Waals surface area contributed by atoms with Crippen LogP contribution in [-0.2, 0) is 4.74 Å². The van der Waals surface area contributed by atoms with Crippen molar-refractivity contribution in [2.24, 2.45) is 0 Å². The third-order valence-corrected chi connectivity index (χ3v) is 4.03. The molecule has 0 amide bonds. The summed E-state index contributed by atoms with van der Waals surface area (Å²) in [6, 6.07) is 7.85. The van der Waals surface area contributed by atoms with E-state index in [0.29, 0.717) is 11.7 Å². The number of carbonyl (C=O) groups excluding carboxylic acids is 1. The van der Waals surface area contributed by atoms with E-state index in [1.165, 1.54) is 32.1 Å². The Morgan fingerprint density at radius 1 is 1.25 bits per heavy atom. The molecule has 0 N–H and O–H groups in total. The van der Waals surface area contributed by atoms with Crippen LogP contribution in [0.3, 0.4) is 0 Å². The Hall–Kier alpha value is -1.51. The first kappa shape index (κ1) is 14.9. The average Bonchev–Trinajstić information content (AvgIpc) is 2.48. The minimum Gasteiger partial charge on any atom is -0.431 e. The van der Waals surface area contributed by atoms with Gasteiger partial charge in [-0.05, 0) is 43.7 Å². The van der Waals surface area contributed by atoms with E-state index in [1.54, 1.807) is 0 Å². The highest BCUT2D eigenvalue weighted by molar-refractivity contribution is 5.64. The molecule has 0 radical (unpaired) electrons. The molecule has 0 aromatic heterocycles. The zero-order chi connectivity index (χ0) is 14.4. The maximum absolute atomic E-state index is 11.8. The molecule has 0 saturated heterocycles. The molecule has 1 fully saturated rings. The number of hydrogen-bond acceptors (Lipinski definition) is 3. The van der Waals surface area contributed by atoms with Crippen LogP contribution in [0.25, 0.3) is 0 Å². The summed E-state index contributed by atoms with van der Waals surface area (Å²) in [5.74, 6) is 1.17. The van der Waals surface area contributed by atoms with Crippen molar-refractivity contribution in [3.05, 3.63) is 29.8 Å². The van der Waals surface area contributed by atoms with Gasteiger partial charge in [0.05, 0.1) is 0 Å². The Bertz CT molecular complexity index is 436. The molecule has 3 nitrogen and oxygen atoms in total. The topological polar surface area (TPSA) is 35.5 Å². The molecule has 2 rings (SSSR count). The maximum Gasteiger partial charge on any atom is 0.514 e. The molecule has 20 heavy (non-hydrogen) atoms. The number of benzene rings is 1. The third kappa shape index (κ3) is 3.99. The minimum atomic E-state index is -0.595. The fourth-order valence-corrected chi connectivity index (χ4v) is 2.69. The molecule has 0 spiro atoms. The second-order valence-electron chi connectivity index (χ2n) is 5.56. The highest BCUT2D eigenvalue weighted by atomic mass is 16.7. The van der Waals surface area contributed by atoms with Gasteiger partial charge in [0.25, 0.3) is 0 Å². The van der Waals surface area contributed by atoms with Gasteiger partial charge in [0, 0.05) is 0 Å². The zero-order valence-corrected chi connectivity index (χ0v) is 12.4. The quantitative estimate of drug-likeness (QED) is 0.570. The molecule has 0 aliphatic heterocycles. The second-order valence-corrected chi connectivity index (χ2v) is 5.56. The Labute approximate surface area is 121 Å². The predicted octanol–water partition coefficient (Wildman–Crippen LogP) is 5.05. The lowest BCUT2D eigenvalue weighted by Crippen LogP contribution is -2.18. The largest absolute Gasteiger partial charge is 0.514 e. The number of ether oxygens (including phenoxy) is 2. The number of para-hydroxylation sites is 1. The van der Waals surface area contributed by atoms with Gasteiger partial charge in [-0.15, -0.1) is 0 Å². The SMILES string of the molecule is CCC(C)OC(=O)Oc1ccccc1C1CCCCC1. The van der Waals surface area contributed by atoms with Crippen LogP contribution in [0, 0.1) is 0 Å². The fraction of sp³-hybridized carbons (Fsp3) is 0.588. The molecular formula is C17H24O3. The highest BCUT2D eigenvalue weighted by Gasteiger charge is 2.21. The second kappa shape index (κ2) is 7.32. The molecule has 1 aromatic carbocycles. The normalized spacial score (nSPS) is 17.5. The zero-order valence-electron chi connectivity index (χ0n) is 12.4. The molecule has 0 bridgehead atoms. The van der Waals surface area contributed by atoms with Gasteiger partial charge in [-0.1, -0.05) is 44.4 Å². The van der Waals surface area contributed by atoms with Gasteiger partial charge in [-0.25, -0.2) is 4.79 Å². The van der Waals surface area contributed by atoms with E-state index in [-0.39, 0.29) is 6.10 Å². The maximum atomic E-state index is 11.8. The Morgan fingerprint density at radius 2 is 1.95 bits per heavy atom. The summed E-state index contributed by atoms with van der Waals surface area (Å²) < 4.78 is 10.6. The van der Waals surface area contributed by atoms with Crippen molar-refractivity contribution in [2.75, 3.05) is 0 Å². The summed E-state index contributed by atoms with van der Waals surface area (Å²) >= 11 is 0. The Balaban J connectivity index is 2.05. The van der Waals surface area contributed by atoms with E-state index in [2.05, 4.69) is 6.07 Å². The molecule has 3 heteroatoms. The highest BCUT2D eigenvalue weighted by Crippen LogP contribution is 2.37. The molecule has 1 saturated carbocycles. The van der Waals surface area contributed by atoms with E-state index in [1.807, 2.05) is 32.0 Å². The van der Waals surface area contributed by atoms with E-state index < -0.39 is 6.16 Å². The first-order valence-corrected chi connectivity index (χ1v) is 7.68. The van der Waals surface area contributed by atoms with E-state index >= 15 is 0 Å². The van der Waals surface area contributed by atoms with Crippen LogP contribution in [0.2, 0.25) is 0 Å². The molecule has 110 valence electrons. The molecule has 1 aliphatic rings. The molecular weight excluding hydrogens is 252 g/mol. The smallest absolute Gasteiger partial charge is 0.431 e. The van der Waals surface area contributed by atoms with Crippen molar-refractivity contribution in [3.8, 4) is 5.75 Å². The van der Waals surface area contributed by atoms with Gasteiger partial charge in [0.15, 0.2) is 0 Å². The van der Waals surface area contributed by atoms with Gasteiger partial charge in [0.2, 0.25) is 0 Å². The number of rotatable bonds is 4. The van der Waals surface area contributed by atoms with Gasteiger partial charge in [-0.3, -0.25) is 0 Å². The van der Waals surface area contributed by atoms with Crippen molar-refractivity contribution in [3.63, 3.8) is 0 Å². The minimum absolute atomic E-state index is 0.107. The van der Waals surface area contributed by atoms with Gasteiger partial charge in [-0.2, -0.15) is 0 Å². The van der Waals surface area contributed by atoms with E-state index in [0.717, 1.165) is 12.0 Å². The fourth-order valence-electron chi connectivity index (χ4n) is 2.69. The molecule has 1 aliphatic carbocycles. The van der Waals surface area contributed by atoms with Gasteiger partial charge in [0.1, 0.15) is 11.9 Å². The van der Waals surface area contributed by atoms with Crippen LogP contribution in [0.5, 0.6) is 5.75 Å². The van der Waals surface area contributed by atoms with Crippen LogP contribution >= 0.6 is 0 Å². The monoisotopic (exact) mass is 276 g/mol. The van der Waals surface area contributed by atoms with Crippen LogP contribution in [0.1, 0.15) is 63.9 Å². The predicted molar refractivity (Wildman–Crippen MR) is 79.1 cm³/mol. The van der Waals surface area contributed by atoms with Crippen molar-refractivity contribution < 1.29 is 14.3 Å². The average molecular weight is 276 g/mol. The van der Waals surface area contributed by atoms with Crippen LogP contribution < -0.4 is 4.74 Å².